The number of nitrogens with one attached hydrogen (secondary N) is 1. The van der Waals surface area contributed by atoms with Gasteiger partial charge in [0.2, 0.25) is 5.89 Å². The Morgan fingerprint density at radius 2 is 1.84 bits per heavy atom. The van der Waals surface area contributed by atoms with Crippen LogP contribution in [0.2, 0.25) is 0 Å². The molecule has 1 fully saturated rings. The van der Waals surface area contributed by atoms with Crippen LogP contribution in [0.3, 0.4) is 0 Å². The second-order valence-corrected chi connectivity index (χ2v) is 7.65. The van der Waals surface area contributed by atoms with Crippen LogP contribution in [-0.2, 0) is 17.8 Å². The molecule has 1 aliphatic heterocycles. The number of rotatable bonds is 7. The summed E-state index contributed by atoms with van der Waals surface area (Å²) in [4.78, 5) is 31.0. The summed E-state index contributed by atoms with van der Waals surface area (Å²) < 4.78 is 23.7. The van der Waals surface area contributed by atoms with E-state index in [9.17, 15) is 14.0 Å². The SMILES string of the molecule is COc1ccc(CCC2(C)NC(=O)N(Cc3coc(-c4ccc(F)cc4)n3)C2=O)cc1. The zero-order valence-corrected chi connectivity index (χ0v) is 17.2. The minimum Gasteiger partial charge on any atom is -0.497 e. The van der Waals surface area contributed by atoms with Gasteiger partial charge in [0.1, 0.15) is 23.4 Å². The molecular weight excluding hydrogens is 401 g/mol. The number of aromatic nitrogens is 1. The maximum absolute atomic E-state index is 13.1. The van der Waals surface area contributed by atoms with Crippen molar-refractivity contribution in [2.75, 3.05) is 7.11 Å². The summed E-state index contributed by atoms with van der Waals surface area (Å²) in [5.74, 6) is 0.393. The highest BCUT2D eigenvalue weighted by Crippen LogP contribution is 2.26. The van der Waals surface area contributed by atoms with Gasteiger partial charge in [0.05, 0.1) is 19.3 Å². The molecule has 0 bridgehead atoms. The maximum Gasteiger partial charge on any atom is 0.325 e. The average molecular weight is 423 g/mol. The van der Waals surface area contributed by atoms with E-state index in [0.29, 0.717) is 30.0 Å². The van der Waals surface area contributed by atoms with Crippen molar-refractivity contribution in [3.8, 4) is 17.2 Å². The fourth-order valence-corrected chi connectivity index (χ4v) is 3.51. The number of halogens is 1. The van der Waals surface area contributed by atoms with Crippen molar-refractivity contribution in [1.82, 2.24) is 15.2 Å². The highest BCUT2D eigenvalue weighted by Gasteiger charge is 2.47. The molecule has 1 unspecified atom stereocenters. The van der Waals surface area contributed by atoms with E-state index in [2.05, 4.69) is 10.3 Å². The van der Waals surface area contributed by atoms with E-state index in [-0.39, 0.29) is 18.3 Å². The van der Waals surface area contributed by atoms with E-state index < -0.39 is 11.6 Å². The van der Waals surface area contributed by atoms with Gasteiger partial charge in [0.15, 0.2) is 0 Å². The third-order valence-electron chi connectivity index (χ3n) is 5.38. The van der Waals surface area contributed by atoms with Gasteiger partial charge in [0.25, 0.3) is 5.91 Å². The molecule has 0 radical (unpaired) electrons. The standard InChI is InChI=1S/C23H22FN3O4/c1-23(12-11-15-3-9-19(30-2)10-4-15)21(28)27(22(29)26-23)13-18-14-31-20(25-18)16-5-7-17(24)8-6-16/h3-10,14H,11-13H2,1-2H3,(H,26,29). The van der Waals surface area contributed by atoms with E-state index in [4.69, 9.17) is 9.15 Å². The van der Waals surface area contributed by atoms with Crippen LogP contribution in [-0.4, -0.2) is 34.5 Å². The van der Waals surface area contributed by atoms with Gasteiger partial charge >= 0.3 is 6.03 Å². The van der Waals surface area contributed by atoms with Gasteiger partial charge in [-0.3, -0.25) is 9.69 Å². The summed E-state index contributed by atoms with van der Waals surface area (Å²) in [6, 6.07) is 12.9. The Morgan fingerprint density at radius 3 is 2.52 bits per heavy atom. The molecule has 160 valence electrons. The molecule has 0 aliphatic carbocycles. The minimum absolute atomic E-state index is 0.00646. The zero-order chi connectivity index (χ0) is 22.0. The number of carbonyl (C=O) groups is 2. The van der Waals surface area contributed by atoms with E-state index in [0.717, 1.165) is 16.2 Å². The van der Waals surface area contributed by atoms with Crippen molar-refractivity contribution in [2.45, 2.75) is 31.8 Å². The summed E-state index contributed by atoms with van der Waals surface area (Å²) in [5.41, 5.74) is 1.08. The van der Waals surface area contributed by atoms with Crippen LogP contribution in [0.15, 0.2) is 59.2 Å². The highest BCUT2D eigenvalue weighted by atomic mass is 19.1. The minimum atomic E-state index is -0.999. The molecule has 1 N–H and O–H groups in total. The van der Waals surface area contributed by atoms with Gasteiger partial charge in [-0.05, 0) is 61.7 Å². The molecule has 0 saturated carbocycles. The van der Waals surface area contributed by atoms with Crippen LogP contribution in [0, 0.1) is 5.82 Å². The first-order valence-corrected chi connectivity index (χ1v) is 9.85. The molecule has 1 atom stereocenters. The van der Waals surface area contributed by atoms with Gasteiger partial charge in [-0.2, -0.15) is 0 Å². The molecule has 1 aromatic heterocycles. The number of imide groups is 1. The Bertz CT molecular complexity index is 1090. The van der Waals surface area contributed by atoms with Crippen LogP contribution < -0.4 is 10.1 Å². The first-order chi connectivity index (χ1) is 14.9. The third-order valence-corrected chi connectivity index (χ3v) is 5.38. The number of aryl methyl sites for hydroxylation is 1. The molecular formula is C23H22FN3O4. The van der Waals surface area contributed by atoms with Crippen LogP contribution in [0.5, 0.6) is 5.75 Å². The summed E-state index contributed by atoms with van der Waals surface area (Å²) in [5, 5.41) is 2.80. The number of amides is 3. The Balaban J connectivity index is 1.42. The molecule has 0 spiro atoms. The molecule has 2 aromatic carbocycles. The average Bonchev–Trinajstić information content (AvgIpc) is 3.32. The second-order valence-electron chi connectivity index (χ2n) is 7.65. The quantitative estimate of drug-likeness (QED) is 0.582. The number of hydrogen-bond donors (Lipinski definition) is 1. The van der Waals surface area contributed by atoms with Gasteiger partial charge in [-0.25, -0.2) is 14.2 Å². The zero-order valence-electron chi connectivity index (χ0n) is 17.2. The van der Waals surface area contributed by atoms with Gasteiger partial charge in [-0.1, -0.05) is 12.1 Å². The number of benzene rings is 2. The lowest BCUT2D eigenvalue weighted by atomic mass is 9.93. The Hall–Kier alpha value is -3.68. The molecule has 8 heteroatoms. The number of carbonyl (C=O) groups excluding carboxylic acids is 2. The lowest BCUT2D eigenvalue weighted by Crippen LogP contribution is -2.44. The van der Waals surface area contributed by atoms with Crippen LogP contribution in [0.4, 0.5) is 9.18 Å². The monoisotopic (exact) mass is 423 g/mol. The summed E-state index contributed by atoms with van der Waals surface area (Å²) in [6.45, 7) is 1.72. The molecule has 3 aromatic rings. The Labute approximate surface area is 178 Å². The van der Waals surface area contributed by atoms with Crippen molar-refractivity contribution >= 4 is 11.9 Å². The molecule has 7 nitrogen and oxygen atoms in total. The predicted octanol–water partition coefficient (Wildman–Crippen LogP) is 3.93. The normalized spacial score (nSPS) is 18.4. The van der Waals surface area contributed by atoms with Gasteiger partial charge in [0, 0.05) is 5.56 Å². The predicted molar refractivity (Wildman–Crippen MR) is 111 cm³/mol. The summed E-state index contributed by atoms with van der Waals surface area (Å²) >= 11 is 0. The first kappa shape index (κ1) is 20.6. The third kappa shape index (κ3) is 4.28. The fraction of sp³-hybridized carbons (Fsp3) is 0.261. The Kier molecular flexibility index (Phi) is 5.46. The maximum atomic E-state index is 13.1. The number of hydrogen-bond acceptors (Lipinski definition) is 5. The van der Waals surface area contributed by atoms with Crippen molar-refractivity contribution < 1.29 is 23.1 Å². The topological polar surface area (TPSA) is 84.7 Å². The Morgan fingerprint density at radius 1 is 1.13 bits per heavy atom. The molecule has 1 aliphatic rings. The van der Waals surface area contributed by atoms with E-state index in [1.165, 1.54) is 18.4 Å². The lowest BCUT2D eigenvalue weighted by molar-refractivity contribution is -0.131. The number of ether oxygens (including phenoxy) is 1. The van der Waals surface area contributed by atoms with Crippen LogP contribution in [0.1, 0.15) is 24.6 Å². The van der Waals surface area contributed by atoms with Crippen LogP contribution >= 0.6 is 0 Å². The summed E-state index contributed by atoms with van der Waals surface area (Å²) in [7, 11) is 1.61. The fourth-order valence-electron chi connectivity index (χ4n) is 3.51. The first-order valence-electron chi connectivity index (χ1n) is 9.85. The highest BCUT2D eigenvalue weighted by molar-refractivity contribution is 6.06. The second kappa shape index (κ2) is 8.22. The van der Waals surface area contributed by atoms with Crippen LogP contribution in [0.25, 0.3) is 11.5 Å². The molecule has 2 heterocycles. The molecule has 31 heavy (non-hydrogen) atoms. The number of urea groups is 1. The largest absolute Gasteiger partial charge is 0.497 e. The van der Waals surface area contributed by atoms with Gasteiger partial charge < -0.3 is 14.5 Å². The smallest absolute Gasteiger partial charge is 0.325 e. The number of nitrogens with zero attached hydrogens (tertiary/aromatic N) is 2. The van der Waals surface area contributed by atoms with Crippen molar-refractivity contribution in [3.05, 3.63) is 71.9 Å². The van der Waals surface area contributed by atoms with Crippen molar-refractivity contribution in [2.24, 2.45) is 0 Å². The summed E-state index contributed by atoms with van der Waals surface area (Å²) in [6.07, 6.45) is 2.48. The van der Waals surface area contributed by atoms with Gasteiger partial charge in [-0.15, -0.1) is 0 Å². The van der Waals surface area contributed by atoms with E-state index in [1.807, 2.05) is 24.3 Å². The number of oxazole rings is 1. The molecule has 3 amide bonds. The lowest BCUT2D eigenvalue weighted by Gasteiger charge is -2.21. The number of methoxy groups -OCH3 is 1. The van der Waals surface area contributed by atoms with Crippen molar-refractivity contribution in [1.29, 1.82) is 0 Å². The van der Waals surface area contributed by atoms with Crippen molar-refractivity contribution in [3.63, 3.8) is 0 Å². The van der Waals surface area contributed by atoms with E-state index in [1.54, 1.807) is 26.2 Å². The van der Waals surface area contributed by atoms with E-state index >= 15 is 0 Å². The molecule has 1 saturated heterocycles. The molecule has 4 rings (SSSR count).